The zero-order valence-electron chi connectivity index (χ0n) is 17.0. The number of likely N-dealkylation sites (N-methyl/N-ethyl adjacent to an activating group) is 1. The number of aliphatic hydroxyl groups is 1. The molecule has 0 bridgehead atoms. The second-order valence-electron chi connectivity index (χ2n) is 7.16. The summed E-state index contributed by atoms with van der Waals surface area (Å²) in [7, 11) is 1.56. The standard InChI is InChI=1S/C21H30N4O3/c1-14(2)20-17(10-11-26)15(3)25(24-20)13-19(27)23-18(21(28)22-4)12-16-8-6-5-7-9-16/h5-9,14,18,26H,10-13H2,1-4H3,(H,22,28)(H,23,27). The molecule has 7 nitrogen and oxygen atoms in total. The summed E-state index contributed by atoms with van der Waals surface area (Å²) >= 11 is 0. The third-order valence-corrected chi connectivity index (χ3v) is 4.74. The fourth-order valence-electron chi connectivity index (χ4n) is 3.25. The number of nitrogens with zero attached hydrogens (tertiary/aromatic N) is 2. The molecule has 1 aromatic carbocycles. The average molecular weight is 386 g/mol. The topological polar surface area (TPSA) is 96.3 Å². The number of amides is 2. The molecule has 1 unspecified atom stereocenters. The first-order valence-corrected chi connectivity index (χ1v) is 9.59. The minimum Gasteiger partial charge on any atom is -0.396 e. The normalized spacial score (nSPS) is 12.1. The molecule has 0 saturated carbocycles. The van der Waals surface area contributed by atoms with Gasteiger partial charge in [-0.25, -0.2) is 0 Å². The molecule has 0 aliphatic rings. The number of hydrogen-bond acceptors (Lipinski definition) is 4. The minimum atomic E-state index is -0.655. The van der Waals surface area contributed by atoms with E-state index in [2.05, 4.69) is 15.7 Å². The predicted octanol–water partition coefficient (Wildman–Crippen LogP) is 1.32. The first-order valence-electron chi connectivity index (χ1n) is 9.59. The van der Waals surface area contributed by atoms with Crippen molar-refractivity contribution in [3.63, 3.8) is 0 Å². The Balaban J connectivity index is 2.14. The summed E-state index contributed by atoms with van der Waals surface area (Å²) in [6.07, 6.45) is 0.924. The average Bonchev–Trinajstić information content (AvgIpc) is 2.98. The van der Waals surface area contributed by atoms with Crippen LogP contribution in [0.5, 0.6) is 0 Å². The fraction of sp³-hybridized carbons (Fsp3) is 0.476. The van der Waals surface area contributed by atoms with Gasteiger partial charge in [0.2, 0.25) is 11.8 Å². The number of hydrogen-bond donors (Lipinski definition) is 3. The van der Waals surface area contributed by atoms with Crippen LogP contribution in [0, 0.1) is 6.92 Å². The Bertz CT molecular complexity index is 799. The molecular weight excluding hydrogens is 356 g/mol. The molecule has 7 heteroatoms. The highest BCUT2D eigenvalue weighted by Gasteiger charge is 2.22. The second-order valence-corrected chi connectivity index (χ2v) is 7.16. The molecule has 152 valence electrons. The van der Waals surface area contributed by atoms with Gasteiger partial charge in [-0.2, -0.15) is 5.10 Å². The van der Waals surface area contributed by atoms with Crippen molar-refractivity contribution in [2.45, 2.75) is 52.1 Å². The first kappa shape index (κ1) is 21.6. The lowest BCUT2D eigenvalue weighted by molar-refractivity contribution is -0.129. The van der Waals surface area contributed by atoms with Crippen LogP contribution in [0.1, 0.15) is 42.3 Å². The van der Waals surface area contributed by atoms with Gasteiger partial charge in [0.05, 0.1) is 5.69 Å². The van der Waals surface area contributed by atoms with E-state index in [0.717, 1.165) is 22.5 Å². The number of aromatic nitrogens is 2. The van der Waals surface area contributed by atoms with Gasteiger partial charge in [-0.15, -0.1) is 0 Å². The molecule has 1 aromatic heterocycles. The van der Waals surface area contributed by atoms with Gasteiger partial charge in [0.25, 0.3) is 0 Å². The van der Waals surface area contributed by atoms with Crippen molar-refractivity contribution < 1.29 is 14.7 Å². The van der Waals surface area contributed by atoms with E-state index in [-0.39, 0.29) is 30.9 Å². The fourth-order valence-corrected chi connectivity index (χ4v) is 3.25. The van der Waals surface area contributed by atoms with Crippen molar-refractivity contribution in [2.75, 3.05) is 13.7 Å². The van der Waals surface area contributed by atoms with Gasteiger partial charge in [0.15, 0.2) is 0 Å². The molecule has 0 fully saturated rings. The van der Waals surface area contributed by atoms with Gasteiger partial charge < -0.3 is 15.7 Å². The summed E-state index contributed by atoms with van der Waals surface area (Å²) in [6.45, 7) is 6.04. The number of nitrogens with one attached hydrogen (secondary N) is 2. The van der Waals surface area contributed by atoms with Crippen molar-refractivity contribution in [3.05, 3.63) is 52.8 Å². The maximum Gasteiger partial charge on any atom is 0.242 e. The van der Waals surface area contributed by atoms with Crippen LogP contribution in [0.4, 0.5) is 0 Å². The molecule has 1 atom stereocenters. The Morgan fingerprint density at radius 2 is 1.89 bits per heavy atom. The summed E-state index contributed by atoms with van der Waals surface area (Å²) < 4.78 is 1.65. The monoisotopic (exact) mass is 386 g/mol. The Morgan fingerprint density at radius 3 is 2.46 bits per heavy atom. The maximum absolute atomic E-state index is 12.6. The molecule has 0 aliphatic heterocycles. The van der Waals surface area contributed by atoms with Crippen LogP contribution in [0.15, 0.2) is 30.3 Å². The lowest BCUT2D eigenvalue weighted by Crippen LogP contribution is -2.48. The summed E-state index contributed by atoms with van der Waals surface area (Å²) in [5, 5.41) is 19.3. The third-order valence-electron chi connectivity index (χ3n) is 4.74. The highest BCUT2D eigenvalue weighted by Crippen LogP contribution is 2.22. The lowest BCUT2D eigenvalue weighted by atomic mass is 10.0. The van der Waals surface area contributed by atoms with Crippen LogP contribution in [-0.4, -0.2) is 46.4 Å². The molecule has 28 heavy (non-hydrogen) atoms. The van der Waals surface area contributed by atoms with E-state index >= 15 is 0 Å². The van der Waals surface area contributed by atoms with E-state index in [0.29, 0.717) is 12.8 Å². The highest BCUT2D eigenvalue weighted by atomic mass is 16.3. The van der Waals surface area contributed by atoms with Crippen LogP contribution < -0.4 is 10.6 Å². The molecule has 0 saturated heterocycles. The van der Waals surface area contributed by atoms with Crippen molar-refractivity contribution in [2.24, 2.45) is 0 Å². The number of carbonyl (C=O) groups is 2. The van der Waals surface area contributed by atoms with Gasteiger partial charge in [-0.05, 0) is 30.4 Å². The molecule has 1 heterocycles. The number of carbonyl (C=O) groups excluding carboxylic acids is 2. The minimum absolute atomic E-state index is 0.0270. The second kappa shape index (κ2) is 10.0. The molecule has 3 N–H and O–H groups in total. The largest absolute Gasteiger partial charge is 0.396 e. The third kappa shape index (κ3) is 5.42. The van der Waals surface area contributed by atoms with Crippen molar-refractivity contribution in [1.29, 1.82) is 0 Å². The van der Waals surface area contributed by atoms with Gasteiger partial charge in [0.1, 0.15) is 12.6 Å². The van der Waals surface area contributed by atoms with Gasteiger partial charge in [-0.1, -0.05) is 44.2 Å². The van der Waals surface area contributed by atoms with E-state index in [1.54, 1.807) is 11.7 Å². The predicted molar refractivity (Wildman–Crippen MR) is 108 cm³/mol. The molecule has 2 rings (SSSR count). The highest BCUT2D eigenvalue weighted by molar-refractivity contribution is 5.87. The van der Waals surface area contributed by atoms with Crippen LogP contribution in [0.25, 0.3) is 0 Å². The summed E-state index contributed by atoms with van der Waals surface area (Å²) in [5.74, 6) is -0.319. The maximum atomic E-state index is 12.6. The molecule has 2 aromatic rings. The van der Waals surface area contributed by atoms with Gasteiger partial charge >= 0.3 is 0 Å². The zero-order chi connectivity index (χ0) is 20.7. The molecule has 0 spiro atoms. The SMILES string of the molecule is CNC(=O)C(Cc1ccccc1)NC(=O)Cn1nc(C(C)C)c(CCO)c1C. The molecule has 0 radical (unpaired) electrons. The summed E-state index contributed by atoms with van der Waals surface area (Å²) in [4.78, 5) is 24.9. The molecule has 0 aliphatic carbocycles. The van der Waals surface area contributed by atoms with E-state index in [1.165, 1.54) is 0 Å². The number of aliphatic hydroxyl groups excluding tert-OH is 1. The smallest absolute Gasteiger partial charge is 0.242 e. The summed E-state index contributed by atoms with van der Waals surface area (Å²) in [5.41, 5.74) is 3.72. The number of benzene rings is 1. The van der Waals surface area contributed by atoms with Crippen molar-refractivity contribution in [1.82, 2.24) is 20.4 Å². The van der Waals surface area contributed by atoms with E-state index in [9.17, 15) is 14.7 Å². The zero-order valence-corrected chi connectivity index (χ0v) is 17.0. The van der Waals surface area contributed by atoms with Crippen LogP contribution in [0.2, 0.25) is 0 Å². The molecular formula is C21H30N4O3. The first-order chi connectivity index (χ1) is 13.4. The van der Waals surface area contributed by atoms with E-state index in [1.807, 2.05) is 51.1 Å². The Labute approximate surface area is 166 Å². The molecule has 2 amide bonds. The van der Waals surface area contributed by atoms with E-state index < -0.39 is 6.04 Å². The Hall–Kier alpha value is -2.67. The van der Waals surface area contributed by atoms with Gasteiger partial charge in [-0.3, -0.25) is 14.3 Å². The van der Waals surface area contributed by atoms with Crippen LogP contribution >= 0.6 is 0 Å². The summed E-state index contributed by atoms with van der Waals surface area (Å²) in [6, 6.07) is 8.92. The van der Waals surface area contributed by atoms with Crippen molar-refractivity contribution in [3.8, 4) is 0 Å². The van der Waals surface area contributed by atoms with Gasteiger partial charge in [0, 0.05) is 25.8 Å². The van der Waals surface area contributed by atoms with Crippen LogP contribution in [0.3, 0.4) is 0 Å². The van der Waals surface area contributed by atoms with Crippen LogP contribution in [-0.2, 0) is 29.0 Å². The lowest BCUT2D eigenvalue weighted by Gasteiger charge is -2.18. The number of rotatable bonds is 9. The quantitative estimate of drug-likeness (QED) is 0.606. The van der Waals surface area contributed by atoms with E-state index in [4.69, 9.17) is 0 Å². The Morgan fingerprint density at radius 1 is 1.21 bits per heavy atom. The van der Waals surface area contributed by atoms with Crippen molar-refractivity contribution >= 4 is 11.8 Å². The Kier molecular flexibility index (Phi) is 7.75.